The predicted molar refractivity (Wildman–Crippen MR) is 83.8 cm³/mol. The van der Waals surface area contributed by atoms with E-state index in [1.54, 1.807) is 0 Å². The molecule has 0 spiro atoms. The first-order valence-electron chi connectivity index (χ1n) is 5.76. The molecule has 0 saturated heterocycles. The predicted octanol–water partition coefficient (Wildman–Crippen LogP) is 3.75. The fourth-order valence-corrected chi connectivity index (χ4v) is 2.75. The average Bonchev–Trinajstić information content (AvgIpc) is 2.40. The second-order valence-corrected chi connectivity index (χ2v) is 5.47. The summed E-state index contributed by atoms with van der Waals surface area (Å²) in [6.07, 6.45) is 0. The van der Waals surface area contributed by atoms with Crippen molar-refractivity contribution in [3.63, 3.8) is 0 Å². The Balaban J connectivity index is 1.90. The molecule has 3 heteroatoms. The van der Waals surface area contributed by atoms with Crippen LogP contribution in [0.4, 0.5) is 0 Å². The second kappa shape index (κ2) is 6.57. The molecular formula is C15H15NS2. The Morgan fingerprint density at radius 1 is 0.944 bits per heavy atom. The lowest BCUT2D eigenvalue weighted by Crippen LogP contribution is -2.09. The molecule has 2 aromatic rings. The summed E-state index contributed by atoms with van der Waals surface area (Å²) in [6.45, 7) is 0. The average molecular weight is 273 g/mol. The summed E-state index contributed by atoms with van der Waals surface area (Å²) in [6, 6.07) is 18.6. The molecule has 1 nitrogen and oxygen atoms in total. The van der Waals surface area contributed by atoms with Crippen molar-refractivity contribution in [2.45, 2.75) is 11.5 Å². The first kappa shape index (κ1) is 13.1. The number of thiocarbonyl (C=S) groups is 1. The lowest BCUT2D eigenvalue weighted by Gasteiger charge is -2.04. The van der Waals surface area contributed by atoms with Crippen LogP contribution in [0, 0.1) is 0 Å². The van der Waals surface area contributed by atoms with Crippen LogP contribution < -0.4 is 5.73 Å². The third-order valence-corrected chi connectivity index (χ3v) is 3.90. The van der Waals surface area contributed by atoms with Gasteiger partial charge in [-0.1, -0.05) is 60.7 Å². The molecule has 0 aliphatic heterocycles. The van der Waals surface area contributed by atoms with Crippen molar-refractivity contribution in [2.75, 3.05) is 0 Å². The highest BCUT2D eigenvalue weighted by Gasteiger charge is 1.99. The lowest BCUT2D eigenvalue weighted by atomic mass is 10.1. The van der Waals surface area contributed by atoms with Crippen molar-refractivity contribution in [3.8, 4) is 0 Å². The van der Waals surface area contributed by atoms with Crippen LogP contribution in [0.25, 0.3) is 0 Å². The van der Waals surface area contributed by atoms with Gasteiger partial charge in [-0.3, -0.25) is 0 Å². The Hall–Kier alpha value is -1.32. The van der Waals surface area contributed by atoms with Crippen molar-refractivity contribution in [2.24, 2.45) is 5.73 Å². The summed E-state index contributed by atoms with van der Waals surface area (Å²) in [5.41, 5.74) is 9.19. The number of hydrogen-bond donors (Lipinski definition) is 1. The van der Waals surface area contributed by atoms with E-state index in [1.807, 2.05) is 30.0 Å². The quantitative estimate of drug-likeness (QED) is 0.840. The van der Waals surface area contributed by atoms with E-state index in [-0.39, 0.29) is 0 Å². The van der Waals surface area contributed by atoms with E-state index >= 15 is 0 Å². The van der Waals surface area contributed by atoms with E-state index in [9.17, 15) is 0 Å². The molecule has 0 amide bonds. The SMILES string of the molecule is NC(=S)c1cccc(CSCc2ccccc2)c1. The van der Waals surface area contributed by atoms with E-state index < -0.39 is 0 Å². The first-order valence-corrected chi connectivity index (χ1v) is 7.32. The van der Waals surface area contributed by atoms with Gasteiger partial charge in [0.15, 0.2) is 0 Å². The summed E-state index contributed by atoms with van der Waals surface area (Å²) < 4.78 is 0. The summed E-state index contributed by atoms with van der Waals surface area (Å²) in [5.74, 6) is 2.00. The fraction of sp³-hybridized carbons (Fsp3) is 0.133. The maximum absolute atomic E-state index is 5.63. The van der Waals surface area contributed by atoms with Gasteiger partial charge >= 0.3 is 0 Å². The van der Waals surface area contributed by atoms with Crippen LogP contribution in [0.15, 0.2) is 54.6 Å². The molecule has 0 saturated carbocycles. The standard InChI is InChI=1S/C15H15NS2/c16-15(17)14-8-4-7-13(9-14)11-18-10-12-5-2-1-3-6-12/h1-9H,10-11H2,(H2,16,17). The molecule has 0 aliphatic rings. The van der Waals surface area contributed by atoms with Gasteiger partial charge in [0.25, 0.3) is 0 Å². The Labute approximate surface area is 117 Å². The molecule has 0 heterocycles. The Kier molecular flexibility index (Phi) is 4.79. The molecule has 0 unspecified atom stereocenters. The normalized spacial score (nSPS) is 10.2. The molecule has 2 rings (SSSR count). The highest BCUT2D eigenvalue weighted by atomic mass is 32.2. The molecule has 0 atom stereocenters. The van der Waals surface area contributed by atoms with E-state index in [0.29, 0.717) is 4.99 Å². The molecule has 18 heavy (non-hydrogen) atoms. The lowest BCUT2D eigenvalue weighted by molar-refractivity contribution is 1.36. The van der Waals surface area contributed by atoms with Crippen LogP contribution in [0.3, 0.4) is 0 Å². The first-order chi connectivity index (χ1) is 8.75. The number of rotatable bonds is 5. The van der Waals surface area contributed by atoms with Crippen LogP contribution in [0.1, 0.15) is 16.7 Å². The molecule has 92 valence electrons. The molecular weight excluding hydrogens is 258 g/mol. The molecule has 0 radical (unpaired) electrons. The maximum atomic E-state index is 5.63. The van der Waals surface area contributed by atoms with Gasteiger partial charge in [0.05, 0.1) is 0 Å². The molecule has 0 fully saturated rings. The van der Waals surface area contributed by atoms with Gasteiger partial charge in [-0.15, -0.1) is 0 Å². The highest BCUT2D eigenvalue weighted by Crippen LogP contribution is 2.18. The van der Waals surface area contributed by atoms with Crippen molar-refractivity contribution in [3.05, 3.63) is 71.3 Å². The summed E-state index contributed by atoms with van der Waals surface area (Å²) in [4.78, 5) is 0.463. The van der Waals surface area contributed by atoms with Gasteiger partial charge in [0.2, 0.25) is 0 Å². The number of hydrogen-bond acceptors (Lipinski definition) is 2. The minimum Gasteiger partial charge on any atom is -0.389 e. The van der Waals surface area contributed by atoms with Crippen LogP contribution >= 0.6 is 24.0 Å². The van der Waals surface area contributed by atoms with E-state index in [4.69, 9.17) is 18.0 Å². The van der Waals surface area contributed by atoms with Gasteiger partial charge in [-0.2, -0.15) is 11.8 Å². The van der Waals surface area contributed by atoms with Gasteiger partial charge in [-0.25, -0.2) is 0 Å². The Morgan fingerprint density at radius 3 is 2.33 bits per heavy atom. The number of thioether (sulfide) groups is 1. The van der Waals surface area contributed by atoms with Crippen LogP contribution in [0.2, 0.25) is 0 Å². The van der Waals surface area contributed by atoms with E-state index in [1.165, 1.54) is 11.1 Å². The number of nitrogens with two attached hydrogens (primary N) is 1. The second-order valence-electron chi connectivity index (χ2n) is 4.04. The third kappa shape index (κ3) is 3.86. The van der Waals surface area contributed by atoms with Crippen molar-refractivity contribution in [1.82, 2.24) is 0 Å². The van der Waals surface area contributed by atoms with Crippen molar-refractivity contribution in [1.29, 1.82) is 0 Å². The minimum absolute atomic E-state index is 0.463. The maximum Gasteiger partial charge on any atom is 0.103 e. The van der Waals surface area contributed by atoms with Crippen LogP contribution in [0.5, 0.6) is 0 Å². The van der Waals surface area contributed by atoms with Gasteiger partial charge < -0.3 is 5.73 Å². The summed E-state index contributed by atoms with van der Waals surface area (Å²) in [5, 5.41) is 0. The van der Waals surface area contributed by atoms with Crippen LogP contribution in [-0.4, -0.2) is 4.99 Å². The Morgan fingerprint density at radius 2 is 1.61 bits per heavy atom. The molecule has 0 aliphatic carbocycles. The largest absolute Gasteiger partial charge is 0.389 e. The fourth-order valence-electron chi connectivity index (χ4n) is 1.68. The zero-order valence-corrected chi connectivity index (χ0v) is 11.6. The van der Waals surface area contributed by atoms with Crippen LogP contribution in [-0.2, 0) is 11.5 Å². The van der Waals surface area contributed by atoms with Crippen molar-refractivity contribution < 1.29 is 0 Å². The topological polar surface area (TPSA) is 26.0 Å². The molecule has 0 aromatic heterocycles. The Bertz CT molecular complexity index is 523. The zero-order valence-electron chi connectivity index (χ0n) is 10.0. The monoisotopic (exact) mass is 273 g/mol. The molecule has 2 N–H and O–H groups in total. The summed E-state index contributed by atoms with van der Waals surface area (Å²) >= 11 is 6.88. The molecule has 0 bridgehead atoms. The van der Waals surface area contributed by atoms with E-state index in [2.05, 4.69) is 36.4 Å². The van der Waals surface area contributed by atoms with Crippen molar-refractivity contribution >= 4 is 29.0 Å². The third-order valence-electron chi connectivity index (χ3n) is 2.59. The smallest absolute Gasteiger partial charge is 0.103 e. The summed E-state index contributed by atoms with van der Waals surface area (Å²) in [7, 11) is 0. The van der Waals surface area contributed by atoms with Gasteiger partial charge in [0.1, 0.15) is 4.99 Å². The number of benzene rings is 2. The van der Waals surface area contributed by atoms with Gasteiger partial charge in [0, 0.05) is 17.1 Å². The minimum atomic E-state index is 0.463. The zero-order chi connectivity index (χ0) is 12.8. The van der Waals surface area contributed by atoms with E-state index in [0.717, 1.165) is 17.1 Å². The van der Waals surface area contributed by atoms with Gasteiger partial charge in [-0.05, 0) is 17.2 Å². The highest BCUT2D eigenvalue weighted by molar-refractivity contribution is 7.97. The molecule has 2 aromatic carbocycles.